The molecular formula is C50H76O7. The molecule has 0 aliphatic rings. The van der Waals surface area contributed by atoms with E-state index in [4.69, 9.17) is 25.7 Å². The fourth-order valence-electron chi connectivity index (χ4n) is 8.36. The molecule has 0 fully saturated rings. The molecule has 0 aromatic rings. The summed E-state index contributed by atoms with van der Waals surface area (Å²) in [4.78, 5) is 0. The van der Waals surface area contributed by atoms with Gasteiger partial charge in [0.2, 0.25) is 0 Å². The average molecular weight is 789 g/mol. The Balaban J connectivity index is 9.25. The van der Waals surface area contributed by atoms with Crippen molar-refractivity contribution in [2.24, 2.45) is 28.6 Å². The van der Waals surface area contributed by atoms with Crippen LogP contribution in [0, 0.1) is 102 Å². The zero-order valence-corrected chi connectivity index (χ0v) is 37.1. The topological polar surface area (TPSA) is 142 Å². The van der Waals surface area contributed by atoms with Crippen molar-refractivity contribution in [2.75, 3.05) is 0 Å². The molecule has 0 aliphatic heterocycles. The van der Waals surface area contributed by atoms with Gasteiger partial charge in [-0.3, -0.25) is 0 Å². The predicted octanol–water partition coefficient (Wildman–Crippen LogP) is 6.94. The maximum absolute atomic E-state index is 13.7. The van der Waals surface area contributed by atoms with Crippen LogP contribution in [0.4, 0.5) is 0 Å². The molecule has 0 radical (unpaired) electrons. The summed E-state index contributed by atoms with van der Waals surface area (Å²) in [6.45, 7) is 22.7. The third kappa shape index (κ3) is 14.6. The molecule has 7 N–H and O–H groups in total. The molecule has 7 heteroatoms. The lowest BCUT2D eigenvalue weighted by atomic mass is 9.44. The Hall–Kier alpha value is -3.18. The first-order valence-electron chi connectivity index (χ1n) is 20.6. The van der Waals surface area contributed by atoms with E-state index in [1.165, 1.54) is 26.8 Å². The van der Waals surface area contributed by atoms with Crippen LogP contribution < -0.4 is 0 Å². The highest BCUT2D eigenvalue weighted by atomic mass is 16.3. The molecule has 7 nitrogen and oxygen atoms in total. The van der Waals surface area contributed by atoms with Gasteiger partial charge in [0.25, 0.3) is 0 Å². The largest absolute Gasteiger partial charge is 0.386 e. The minimum atomic E-state index is -1.93. The Labute approximate surface area is 347 Å². The van der Waals surface area contributed by atoms with E-state index in [-0.39, 0.29) is 63.7 Å². The zero-order chi connectivity index (χ0) is 44.8. The third-order valence-corrected chi connectivity index (χ3v) is 12.8. The first kappa shape index (κ1) is 53.8. The predicted molar refractivity (Wildman–Crippen MR) is 234 cm³/mol. The standard InChI is InChI=1S/C50H76O7/c1-17-28-49(56,32-27-24-29-42(12,13)51)48(36-33-44(15,53)19-3,38-40(10)45(16,54)20-4)46(34-35-47(55,21-5)22-6,31-26-25-30-43(14,52)18-2)37-41(11)50(57,23-7)39(8)9/h2,4-5,7,19,39-41,51-57H,3,17,22,25-26,28,30-31,33-38H2,1,6,8-16H3. The van der Waals surface area contributed by atoms with Gasteiger partial charge in [0.05, 0.1) is 5.60 Å². The summed E-state index contributed by atoms with van der Waals surface area (Å²) in [7, 11) is 0. The molecule has 318 valence electrons. The SMILES string of the molecule is C#CC(C)(O)CCCCC(CCC(O)(C#C)CC)(CC(C)C(O)(C#C)C(C)C)C(CCC(C)(O)C=C)(CC(C)C(C)(O)C#C)C(O)(C#CC#CC(C)(C)O)CCC. The summed E-state index contributed by atoms with van der Waals surface area (Å²) in [5.74, 6) is 20.0. The highest BCUT2D eigenvalue weighted by molar-refractivity contribution is 5.35. The number of rotatable bonds is 24. The maximum atomic E-state index is 13.7. The van der Waals surface area contributed by atoms with Crippen LogP contribution in [0.5, 0.6) is 0 Å². The lowest BCUT2D eigenvalue weighted by molar-refractivity contribution is -0.181. The highest BCUT2D eigenvalue weighted by Crippen LogP contribution is 2.64. The minimum absolute atomic E-state index is 0.0626. The third-order valence-electron chi connectivity index (χ3n) is 12.8. The van der Waals surface area contributed by atoms with Gasteiger partial charge < -0.3 is 35.7 Å². The summed E-state index contributed by atoms with van der Waals surface area (Å²) >= 11 is 0. The fourth-order valence-corrected chi connectivity index (χ4v) is 8.36. The molecular weight excluding hydrogens is 713 g/mol. The summed E-state index contributed by atoms with van der Waals surface area (Å²) in [5.41, 5.74) is -13.5. The number of aliphatic hydroxyl groups is 7. The molecule has 10 atom stereocenters. The molecule has 0 aromatic heterocycles. The zero-order valence-electron chi connectivity index (χ0n) is 37.1. The Morgan fingerprint density at radius 2 is 1.18 bits per heavy atom. The van der Waals surface area contributed by atoms with E-state index in [1.807, 2.05) is 34.6 Å². The van der Waals surface area contributed by atoms with Crippen LogP contribution in [0.3, 0.4) is 0 Å². The van der Waals surface area contributed by atoms with E-state index in [0.717, 1.165) is 0 Å². The van der Waals surface area contributed by atoms with E-state index in [1.54, 1.807) is 20.8 Å². The second-order valence-electron chi connectivity index (χ2n) is 18.4. The van der Waals surface area contributed by atoms with Gasteiger partial charge in [0.15, 0.2) is 0 Å². The fraction of sp³-hybridized carbons (Fsp3) is 0.720. The van der Waals surface area contributed by atoms with Crippen molar-refractivity contribution in [3.05, 3.63) is 12.7 Å². The minimum Gasteiger partial charge on any atom is -0.386 e. The van der Waals surface area contributed by atoms with E-state index in [0.29, 0.717) is 25.7 Å². The molecule has 0 spiro atoms. The summed E-state index contributed by atoms with van der Waals surface area (Å²) in [5, 5.41) is 82.3. The summed E-state index contributed by atoms with van der Waals surface area (Å²) in [6, 6.07) is 0. The Bertz CT molecular complexity index is 1610. The van der Waals surface area contributed by atoms with Gasteiger partial charge in [0, 0.05) is 5.41 Å². The van der Waals surface area contributed by atoms with Gasteiger partial charge in [-0.25, -0.2) is 0 Å². The van der Waals surface area contributed by atoms with Crippen LogP contribution in [-0.4, -0.2) is 75.0 Å². The molecule has 0 amide bonds. The molecule has 0 heterocycles. The molecule has 0 aromatic carbocycles. The molecule has 0 saturated heterocycles. The van der Waals surface area contributed by atoms with Gasteiger partial charge in [-0.2, -0.15) is 0 Å². The van der Waals surface area contributed by atoms with Crippen LogP contribution in [-0.2, 0) is 0 Å². The van der Waals surface area contributed by atoms with E-state index in [2.05, 4.69) is 53.9 Å². The quantitative estimate of drug-likeness (QED) is 0.0319. The average Bonchev–Trinajstić information content (AvgIpc) is 3.14. The van der Waals surface area contributed by atoms with Crippen molar-refractivity contribution < 1.29 is 35.7 Å². The Morgan fingerprint density at radius 3 is 1.61 bits per heavy atom. The van der Waals surface area contributed by atoms with Crippen LogP contribution in [0.25, 0.3) is 0 Å². The second kappa shape index (κ2) is 21.2. The van der Waals surface area contributed by atoms with Crippen LogP contribution in [0.2, 0.25) is 0 Å². The smallest absolute Gasteiger partial charge is 0.132 e. The van der Waals surface area contributed by atoms with Crippen molar-refractivity contribution >= 4 is 0 Å². The van der Waals surface area contributed by atoms with Gasteiger partial charge >= 0.3 is 0 Å². The molecule has 10 unspecified atom stereocenters. The lowest BCUT2D eigenvalue weighted by Crippen LogP contribution is -2.61. The summed E-state index contributed by atoms with van der Waals surface area (Å²) < 4.78 is 0. The number of hydrogen-bond donors (Lipinski definition) is 7. The molecule has 0 bridgehead atoms. The maximum Gasteiger partial charge on any atom is 0.132 e. The van der Waals surface area contributed by atoms with Gasteiger partial charge in [-0.15, -0.1) is 32.3 Å². The second-order valence-corrected chi connectivity index (χ2v) is 18.4. The van der Waals surface area contributed by atoms with Crippen molar-refractivity contribution in [2.45, 2.75) is 199 Å². The Kier molecular flexibility index (Phi) is 20.0. The van der Waals surface area contributed by atoms with E-state index < -0.39 is 61.9 Å². The van der Waals surface area contributed by atoms with Crippen LogP contribution >= 0.6 is 0 Å². The van der Waals surface area contributed by atoms with E-state index >= 15 is 0 Å². The Morgan fingerprint density at radius 1 is 0.614 bits per heavy atom. The monoisotopic (exact) mass is 789 g/mol. The number of terminal acetylenes is 4. The van der Waals surface area contributed by atoms with Crippen molar-refractivity contribution in [3.63, 3.8) is 0 Å². The first-order valence-corrected chi connectivity index (χ1v) is 20.6. The molecule has 0 saturated carbocycles. The highest BCUT2D eigenvalue weighted by Gasteiger charge is 2.63. The van der Waals surface area contributed by atoms with Gasteiger partial charge in [-0.05, 0) is 140 Å². The van der Waals surface area contributed by atoms with Crippen molar-refractivity contribution in [1.29, 1.82) is 0 Å². The van der Waals surface area contributed by atoms with Crippen LogP contribution in [0.15, 0.2) is 12.7 Å². The summed E-state index contributed by atoms with van der Waals surface area (Å²) in [6.07, 6.45) is 28.2. The van der Waals surface area contributed by atoms with Crippen molar-refractivity contribution in [1.82, 2.24) is 0 Å². The number of unbranched alkanes of at least 4 members (excludes halogenated alkanes) is 1. The van der Waals surface area contributed by atoms with Crippen LogP contribution in [0.1, 0.15) is 160 Å². The number of hydrogen-bond acceptors (Lipinski definition) is 7. The van der Waals surface area contributed by atoms with Gasteiger partial charge in [-0.1, -0.05) is 96.0 Å². The molecule has 57 heavy (non-hydrogen) atoms. The molecule has 0 rings (SSSR count). The van der Waals surface area contributed by atoms with E-state index in [9.17, 15) is 35.7 Å². The van der Waals surface area contributed by atoms with Crippen molar-refractivity contribution in [3.8, 4) is 73.1 Å². The first-order chi connectivity index (χ1) is 26.0. The molecule has 0 aliphatic carbocycles. The normalized spacial score (nSPS) is 21.2. The van der Waals surface area contributed by atoms with Gasteiger partial charge in [0.1, 0.15) is 33.6 Å². The lowest BCUT2D eigenvalue weighted by Gasteiger charge is -2.61.